The minimum atomic E-state index is -3.78. The Hall–Kier alpha value is -2.39. The molecule has 1 atom stereocenters. The lowest BCUT2D eigenvalue weighted by atomic mass is 10.1. The average Bonchev–Trinajstić information content (AvgIpc) is 3.26. The maximum Gasteiger partial charge on any atom is 0.269 e. The van der Waals surface area contributed by atoms with Crippen LogP contribution in [0, 0.1) is 6.92 Å². The van der Waals surface area contributed by atoms with Crippen LogP contribution in [0.2, 0.25) is 0 Å². The standard InChI is InChI=1S/C18H18BrN5O2S/c1-3-23-10-13(8-21-23)15-11-24(18-17(15)22-16(19)9-20-18)27(25,26)14-6-4-12(2)5-7-14/h4-11,16,22H,3H2,1-2H3. The predicted octanol–water partition coefficient (Wildman–Crippen LogP) is 3.77. The van der Waals surface area contributed by atoms with E-state index in [1.54, 1.807) is 47.6 Å². The maximum atomic E-state index is 13.2. The van der Waals surface area contributed by atoms with Crippen LogP contribution in [0.5, 0.6) is 0 Å². The topological polar surface area (TPSA) is 81.3 Å². The van der Waals surface area contributed by atoms with Gasteiger partial charge >= 0.3 is 0 Å². The molecule has 9 heteroatoms. The van der Waals surface area contributed by atoms with Crippen LogP contribution in [-0.2, 0) is 16.6 Å². The number of halogens is 1. The van der Waals surface area contributed by atoms with Crippen LogP contribution in [-0.4, -0.2) is 33.3 Å². The van der Waals surface area contributed by atoms with Crippen LogP contribution in [0.15, 0.2) is 52.7 Å². The first-order chi connectivity index (χ1) is 12.9. The molecule has 0 amide bonds. The summed E-state index contributed by atoms with van der Waals surface area (Å²) < 4.78 is 29.5. The van der Waals surface area contributed by atoms with Crippen molar-refractivity contribution in [2.45, 2.75) is 30.2 Å². The number of benzene rings is 1. The number of nitrogens with zero attached hydrogens (tertiary/aromatic N) is 4. The zero-order valence-electron chi connectivity index (χ0n) is 14.8. The van der Waals surface area contributed by atoms with E-state index in [2.05, 4.69) is 31.3 Å². The van der Waals surface area contributed by atoms with Crippen molar-refractivity contribution in [1.82, 2.24) is 13.8 Å². The third-order valence-electron chi connectivity index (χ3n) is 4.40. The molecule has 4 rings (SSSR count). The molecule has 1 unspecified atom stereocenters. The van der Waals surface area contributed by atoms with Crippen molar-refractivity contribution in [2.75, 3.05) is 5.32 Å². The first kappa shape index (κ1) is 18.0. The van der Waals surface area contributed by atoms with E-state index in [-0.39, 0.29) is 9.85 Å². The summed E-state index contributed by atoms with van der Waals surface area (Å²) in [6, 6.07) is 6.79. The summed E-state index contributed by atoms with van der Waals surface area (Å²) in [4.78, 5) is 4.42. The van der Waals surface area contributed by atoms with E-state index in [0.717, 1.165) is 23.2 Å². The van der Waals surface area contributed by atoms with E-state index >= 15 is 0 Å². The number of hydrogen-bond acceptors (Lipinski definition) is 5. The van der Waals surface area contributed by atoms with Gasteiger partial charge in [-0.3, -0.25) is 4.68 Å². The molecule has 140 valence electrons. The van der Waals surface area contributed by atoms with Crippen molar-refractivity contribution >= 4 is 43.7 Å². The molecule has 2 aromatic heterocycles. The van der Waals surface area contributed by atoms with Crippen molar-refractivity contribution in [3.8, 4) is 11.1 Å². The van der Waals surface area contributed by atoms with Crippen molar-refractivity contribution in [2.24, 2.45) is 4.99 Å². The van der Waals surface area contributed by atoms with E-state index in [9.17, 15) is 8.42 Å². The molecule has 7 nitrogen and oxygen atoms in total. The fraction of sp³-hybridized carbons (Fsp3) is 0.222. The van der Waals surface area contributed by atoms with E-state index < -0.39 is 10.0 Å². The Labute approximate surface area is 165 Å². The second-order valence-corrected chi connectivity index (χ2v) is 9.07. The molecular formula is C18H18BrN5O2S. The lowest BCUT2D eigenvalue weighted by Gasteiger charge is -2.16. The van der Waals surface area contributed by atoms with Crippen LogP contribution in [0.25, 0.3) is 11.1 Å². The van der Waals surface area contributed by atoms with E-state index in [0.29, 0.717) is 11.5 Å². The molecule has 0 aliphatic carbocycles. The Morgan fingerprint density at radius 3 is 2.63 bits per heavy atom. The summed E-state index contributed by atoms with van der Waals surface area (Å²) in [5.41, 5.74) is 3.22. The number of hydrogen-bond donors (Lipinski definition) is 1. The van der Waals surface area contributed by atoms with Gasteiger partial charge in [-0.1, -0.05) is 33.6 Å². The summed E-state index contributed by atoms with van der Waals surface area (Å²) in [6.45, 7) is 4.65. The van der Waals surface area contributed by atoms with Crippen LogP contribution in [0.4, 0.5) is 11.5 Å². The van der Waals surface area contributed by atoms with Gasteiger partial charge in [0.05, 0.1) is 16.8 Å². The van der Waals surface area contributed by atoms with Gasteiger partial charge in [0.15, 0.2) is 5.82 Å². The van der Waals surface area contributed by atoms with Crippen LogP contribution in [0.1, 0.15) is 12.5 Å². The quantitative estimate of drug-likeness (QED) is 0.487. The van der Waals surface area contributed by atoms with Crippen LogP contribution >= 0.6 is 15.9 Å². The molecule has 1 aliphatic heterocycles. The Bertz CT molecular complexity index is 1130. The van der Waals surface area contributed by atoms with Crippen molar-refractivity contribution in [3.05, 3.63) is 48.4 Å². The molecule has 1 aliphatic rings. The second kappa shape index (κ2) is 6.65. The van der Waals surface area contributed by atoms with Gasteiger partial charge in [-0.05, 0) is 26.0 Å². The maximum absolute atomic E-state index is 13.2. The van der Waals surface area contributed by atoms with Gasteiger partial charge in [0.1, 0.15) is 4.95 Å². The number of nitrogens with one attached hydrogen (secondary N) is 1. The largest absolute Gasteiger partial charge is 0.365 e. The Kier molecular flexibility index (Phi) is 4.43. The Balaban J connectivity index is 1.91. The summed E-state index contributed by atoms with van der Waals surface area (Å²) in [7, 11) is -3.78. The summed E-state index contributed by atoms with van der Waals surface area (Å²) >= 11 is 3.46. The highest BCUT2D eigenvalue weighted by Crippen LogP contribution is 2.42. The normalized spacial score (nSPS) is 16.2. The molecular weight excluding hydrogens is 430 g/mol. The van der Waals surface area contributed by atoms with Crippen LogP contribution in [0.3, 0.4) is 0 Å². The summed E-state index contributed by atoms with van der Waals surface area (Å²) in [6.07, 6.45) is 6.85. The molecule has 0 saturated carbocycles. The van der Waals surface area contributed by atoms with Gasteiger partial charge in [0, 0.05) is 36.3 Å². The minimum absolute atomic E-state index is 0.178. The molecule has 0 fully saturated rings. The van der Waals surface area contributed by atoms with Gasteiger partial charge in [-0.2, -0.15) is 5.10 Å². The predicted molar refractivity (Wildman–Crippen MR) is 110 cm³/mol. The molecule has 27 heavy (non-hydrogen) atoms. The lowest BCUT2D eigenvalue weighted by Crippen LogP contribution is -2.18. The van der Waals surface area contributed by atoms with Crippen molar-refractivity contribution in [3.63, 3.8) is 0 Å². The third-order valence-corrected chi connectivity index (χ3v) is 6.53. The number of anilines is 1. The molecule has 0 radical (unpaired) electrons. The number of fused-ring (bicyclic) bond motifs is 1. The highest BCUT2D eigenvalue weighted by Gasteiger charge is 2.28. The van der Waals surface area contributed by atoms with Gasteiger partial charge < -0.3 is 5.32 Å². The van der Waals surface area contributed by atoms with Crippen molar-refractivity contribution < 1.29 is 8.42 Å². The summed E-state index contributed by atoms with van der Waals surface area (Å²) in [5.74, 6) is 0.352. The van der Waals surface area contributed by atoms with Gasteiger partial charge in [0.2, 0.25) is 0 Å². The van der Waals surface area contributed by atoms with Gasteiger partial charge in [0.25, 0.3) is 10.0 Å². The second-order valence-electron chi connectivity index (χ2n) is 6.26. The summed E-state index contributed by atoms with van der Waals surface area (Å²) in [5, 5.41) is 7.55. The fourth-order valence-corrected chi connectivity index (χ4v) is 4.61. The smallest absolute Gasteiger partial charge is 0.269 e. The number of aliphatic imine (C=N–C) groups is 1. The SMILES string of the molecule is CCn1cc(-c2cn(S(=O)(=O)c3ccc(C)cc3)c3c2NC(Br)C=N3)cn1. The molecule has 3 aromatic rings. The number of aromatic nitrogens is 3. The molecule has 1 aromatic carbocycles. The molecule has 0 spiro atoms. The fourth-order valence-electron chi connectivity index (χ4n) is 2.95. The van der Waals surface area contributed by atoms with Gasteiger partial charge in [-0.25, -0.2) is 17.4 Å². The first-order valence-electron chi connectivity index (χ1n) is 8.45. The molecule has 3 heterocycles. The zero-order valence-corrected chi connectivity index (χ0v) is 17.2. The highest BCUT2D eigenvalue weighted by molar-refractivity contribution is 9.10. The molecule has 0 bridgehead atoms. The lowest BCUT2D eigenvalue weighted by molar-refractivity contribution is 0.588. The van der Waals surface area contributed by atoms with E-state index in [1.165, 1.54) is 3.97 Å². The first-order valence-corrected chi connectivity index (χ1v) is 10.8. The number of alkyl halides is 1. The van der Waals surface area contributed by atoms with Crippen LogP contribution < -0.4 is 5.32 Å². The highest BCUT2D eigenvalue weighted by atomic mass is 79.9. The number of aryl methyl sites for hydroxylation is 2. The van der Waals surface area contributed by atoms with Gasteiger partial charge in [-0.15, -0.1) is 0 Å². The molecule has 1 N–H and O–H groups in total. The zero-order chi connectivity index (χ0) is 19.2. The molecule has 0 saturated heterocycles. The number of rotatable bonds is 4. The Morgan fingerprint density at radius 2 is 1.96 bits per heavy atom. The van der Waals surface area contributed by atoms with E-state index in [1.807, 2.05) is 20.0 Å². The van der Waals surface area contributed by atoms with E-state index in [4.69, 9.17) is 0 Å². The monoisotopic (exact) mass is 447 g/mol. The average molecular weight is 448 g/mol. The Morgan fingerprint density at radius 1 is 1.22 bits per heavy atom. The third kappa shape index (κ3) is 3.10. The minimum Gasteiger partial charge on any atom is -0.365 e. The van der Waals surface area contributed by atoms with Crippen molar-refractivity contribution in [1.29, 1.82) is 0 Å².